The van der Waals surface area contributed by atoms with Crippen LogP contribution in [0.2, 0.25) is 5.15 Å². The van der Waals surface area contributed by atoms with Gasteiger partial charge in [0.15, 0.2) is 0 Å². The number of nitrogens with zero attached hydrogens (tertiary/aromatic N) is 1. The monoisotopic (exact) mass is 256 g/mol. The molecule has 1 atom stereocenters. The van der Waals surface area contributed by atoms with Crippen molar-refractivity contribution >= 4 is 17.5 Å². The molecule has 4 nitrogen and oxygen atoms in total. The molecule has 1 aromatic rings. The smallest absolute Gasteiger partial charge is 0.254 e. The molecule has 0 aliphatic carbocycles. The lowest BCUT2D eigenvalue weighted by atomic mass is 10.0. The summed E-state index contributed by atoms with van der Waals surface area (Å²) in [7, 11) is 0. The van der Waals surface area contributed by atoms with E-state index in [-0.39, 0.29) is 29.6 Å². The van der Waals surface area contributed by atoms with E-state index in [1.165, 1.54) is 6.20 Å². The molecule has 2 N–H and O–H groups in total. The number of pyridine rings is 1. The predicted molar refractivity (Wildman–Crippen MR) is 67.0 cm³/mol. The molecule has 0 aliphatic rings. The molecule has 0 radical (unpaired) electrons. The van der Waals surface area contributed by atoms with Crippen molar-refractivity contribution in [3.63, 3.8) is 0 Å². The van der Waals surface area contributed by atoms with Gasteiger partial charge in [0.1, 0.15) is 5.15 Å². The number of aromatic nitrogens is 1. The number of amides is 1. The molecule has 94 valence electrons. The molecule has 0 saturated heterocycles. The highest BCUT2D eigenvalue weighted by atomic mass is 35.5. The van der Waals surface area contributed by atoms with Crippen molar-refractivity contribution in [2.45, 2.75) is 26.3 Å². The number of nitrogens with one attached hydrogen (secondary N) is 1. The van der Waals surface area contributed by atoms with Crippen molar-refractivity contribution in [3.05, 3.63) is 29.0 Å². The van der Waals surface area contributed by atoms with Gasteiger partial charge in [0.2, 0.25) is 0 Å². The number of aliphatic hydroxyl groups excluding tert-OH is 1. The first kappa shape index (κ1) is 13.9. The molecule has 0 saturated carbocycles. The average Bonchev–Trinajstić information content (AvgIpc) is 2.28. The van der Waals surface area contributed by atoms with Crippen LogP contribution in [0.25, 0.3) is 0 Å². The molecule has 1 rings (SSSR count). The van der Waals surface area contributed by atoms with E-state index in [9.17, 15) is 4.79 Å². The Kier molecular flexibility index (Phi) is 5.38. The lowest BCUT2D eigenvalue weighted by Gasteiger charge is -2.21. The average molecular weight is 257 g/mol. The standard InChI is InChI=1S/C12H17ClN2O2/c1-8(2)10(5-7-16)15-12(17)9-4-3-6-14-11(9)13/h3-4,6,8,10,16H,5,7H2,1-2H3,(H,15,17). The second kappa shape index (κ2) is 6.57. The Morgan fingerprint density at radius 1 is 1.59 bits per heavy atom. The molecule has 5 heteroatoms. The van der Waals surface area contributed by atoms with Gasteiger partial charge >= 0.3 is 0 Å². The van der Waals surface area contributed by atoms with E-state index in [1.54, 1.807) is 12.1 Å². The molecule has 1 amide bonds. The van der Waals surface area contributed by atoms with Crippen LogP contribution in [0.1, 0.15) is 30.6 Å². The number of halogens is 1. The first-order valence-electron chi connectivity index (χ1n) is 5.58. The van der Waals surface area contributed by atoms with Crippen molar-refractivity contribution in [2.75, 3.05) is 6.61 Å². The SMILES string of the molecule is CC(C)C(CCO)NC(=O)c1cccnc1Cl. The first-order chi connectivity index (χ1) is 8.06. The van der Waals surface area contributed by atoms with E-state index in [2.05, 4.69) is 10.3 Å². The summed E-state index contributed by atoms with van der Waals surface area (Å²) in [6.45, 7) is 4.03. The van der Waals surface area contributed by atoms with Gasteiger partial charge in [0.25, 0.3) is 5.91 Å². The molecule has 0 spiro atoms. The van der Waals surface area contributed by atoms with Crippen LogP contribution < -0.4 is 5.32 Å². The van der Waals surface area contributed by atoms with Gasteiger partial charge in [0, 0.05) is 18.8 Å². The maximum Gasteiger partial charge on any atom is 0.254 e. The minimum atomic E-state index is -0.254. The Balaban J connectivity index is 2.74. The minimum absolute atomic E-state index is 0.0455. The largest absolute Gasteiger partial charge is 0.396 e. The fourth-order valence-corrected chi connectivity index (χ4v) is 1.72. The predicted octanol–water partition coefficient (Wildman–Crippen LogP) is 1.87. The summed E-state index contributed by atoms with van der Waals surface area (Å²) in [5.41, 5.74) is 0.359. The Morgan fingerprint density at radius 3 is 2.82 bits per heavy atom. The lowest BCUT2D eigenvalue weighted by molar-refractivity contribution is 0.0916. The molecule has 0 aromatic carbocycles. The Labute approximate surface area is 106 Å². The number of hydrogen-bond acceptors (Lipinski definition) is 3. The van der Waals surface area contributed by atoms with E-state index in [4.69, 9.17) is 16.7 Å². The van der Waals surface area contributed by atoms with Crippen LogP contribution in [0.15, 0.2) is 18.3 Å². The minimum Gasteiger partial charge on any atom is -0.396 e. The molecule has 0 fully saturated rings. The highest BCUT2D eigenvalue weighted by Gasteiger charge is 2.18. The van der Waals surface area contributed by atoms with E-state index in [1.807, 2.05) is 13.8 Å². The summed E-state index contributed by atoms with van der Waals surface area (Å²) < 4.78 is 0. The fourth-order valence-electron chi connectivity index (χ4n) is 1.51. The van der Waals surface area contributed by atoms with Gasteiger partial charge in [-0.3, -0.25) is 4.79 Å². The number of aliphatic hydroxyl groups is 1. The van der Waals surface area contributed by atoms with Crippen molar-refractivity contribution in [3.8, 4) is 0 Å². The third kappa shape index (κ3) is 3.98. The third-order valence-corrected chi connectivity index (χ3v) is 2.87. The van der Waals surface area contributed by atoms with E-state index >= 15 is 0 Å². The second-order valence-electron chi connectivity index (χ2n) is 4.18. The molecular formula is C12H17ClN2O2. The topological polar surface area (TPSA) is 62.2 Å². The quantitative estimate of drug-likeness (QED) is 0.791. The third-order valence-electron chi connectivity index (χ3n) is 2.57. The van der Waals surface area contributed by atoms with Gasteiger partial charge in [-0.25, -0.2) is 4.98 Å². The van der Waals surface area contributed by atoms with E-state index in [0.717, 1.165) is 0 Å². The summed E-state index contributed by atoms with van der Waals surface area (Å²) in [5.74, 6) is -0.00297. The molecule has 17 heavy (non-hydrogen) atoms. The van der Waals surface area contributed by atoms with Crippen LogP contribution in [0.4, 0.5) is 0 Å². The molecule has 0 aliphatic heterocycles. The van der Waals surface area contributed by atoms with Gasteiger partial charge in [0.05, 0.1) is 5.56 Å². The summed E-state index contributed by atoms with van der Waals surface area (Å²) in [4.78, 5) is 15.8. The van der Waals surface area contributed by atoms with Gasteiger partial charge in [-0.05, 0) is 24.5 Å². The molecule has 1 heterocycles. The number of carbonyl (C=O) groups excluding carboxylic acids is 1. The zero-order valence-electron chi connectivity index (χ0n) is 9.98. The van der Waals surface area contributed by atoms with Gasteiger partial charge < -0.3 is 10.4 Å². The molecular weight excluding hydrogens is 240 g/mol. The van der Waals surface area contributed by atoms with Crippen LogP contribution in [0.3, 0.4) is 0 Å². The Morgan fingerprint density at radius 2 is 2.29 bits per heavy atom. The second-order valence-corrected chi connectivity index (χ2v) is 4.54. The van der Waals surface area contributed by atoms with Gasteiger partial charge in [-0.15, -0.1) is 0 Å². The van der Waals surface area contributed by atoms with Crippen molar-refractivity contribution in [2.24, 2.45) is 5.92 Å². The van der Waals surface area contributed by atoms with Gasteiger partial charge in [-0.1, -0.05) is 25.4 Å². The Hall–Kier alpha value is -1.13. The van der Waals surface area contributed by atoms with Crippen LogP contribution in [0.5, 0.6) is 0 Å². The van der Waals surface area contributed by atoms with E-state index < -0.39 is 0 Å². The molecule has 1 unspecified atom stereocenters. The van der Waals surface area contributed by atoms with Crippen LogP contribution in [0, 0.1) is 5.92 Å². The summed E-state index contributed by atoms with van der Waals surface area (Å²) >= 11 is 5.84. The summed E-state index contributed by atoms with van der Waals surface area (Å²) in [6.07, 6.45) is 2.06. The van der Waals surface area contributed by atoms with Crippen molar-refractivity contribution in [1.29, 1.82) is 0 Å². The van der Waals surface area contributed by atoms with Gasteiger partial charge in [-0.2, -0.15) is 0 Å². The zero-order valence-corrected chi connectivity index (χ0v) is 10.7. The molecule has 1 aromatic heterocycles. The highest BCUT2D eigenvalue weighted by Crippen LogP contribution is 2.13. The number of hydrogen-bond donors (Lipinski definition) is 2. The normalized spacial score (nSPS) is 12.5. The maximum atomic E-state index is 11.9. The lowest BCUT2D eigenvalue weighted by Crippen LogP contribution is -2.39. The van der Waals surface area contributed by atoms with Crippen LogP contribution in [-0.4, -0.2) is 28.6 Å². The van der Waals surface area contributed by atoms with Crippen molar-refractivity contribution in [1.82, 2.24) is 10.3 Å². The summed E-state index contributed by atoms with van der Waals surface area (Å²) in [5, 5.41) is 12.0. The first-order valence-corrected chi connectivity index (χ1v) is 5.96. The van der Waals surface area contributed by atoms with Crippen LogP contribution in [-0.2, 0) is 0 Å². The fraction of sp³-hybridized carbons (Fsp3) is 0.500. The molecule has 0 bridgehead atoms. The summed E-state index contributed by atoms with van der Waals surface area (Å²) in [6, 6.07) is 3.22. The number of carbonyl (C=O) groups is 1. The van der Waals surface area contributed by atoms with Crippen molar-refractivity contribution < 1.29 is 9.90 Å². The van der Waals surface area contributed by atoms with Crippen LogP contribution >= 0.6 is 11.6 Å². The highest BCUT2D eigenvalue weighted by molar-refractivity contribution is 6.32. The maximum absolute atomic E-state index is 11.9. The Bertz CT molecular complexity index is 383. The van der Waals surface area contributed by atoms with E-state index in [0.29, 0.717) is 12.0 Å². The number of rotatable bonds is 5. The zero-order chi connectivity index (χ0) is 12.8.